The predicted molar refractivity (Wildman–Crippen MR) is 114 cm³/mol. The average Bonchev–Trinajstić information content (AvgIpc) is 3.18. The molecule has 0 N–H and O–H groups in total. The van der Waals surface area contributed by atoms with Crippen LogP contribution in [0.5, 0.6) is 17.4 Å². The zero-order valence-corrected chi connectivity index (χ0v) is 17.9. The quantitative estimate of drug-likeness (QED) is 0.504. The van der Waals surface area contributed by atoms with Crippen molar-refractivity contribution in [3.63, 3.8) is 0 Å². The second-order valence-electron chi connectivity index (χ2n) is 8.25. The summed E-state index contributed by atoms with van der Waals surface area (Å²) in [5.41, 5.74) is -0.944. The van der Waals surface area contributed by atoms with Gasteiger partial charge >= 0.3 is 11.9 Å². The molecule has 1 saturated heterocycles. The Balaban J connectivity index is 1.28. The smallest absolute Gasteiger partial charge is 0.418 e. The van der Waals surface area contributed by atoms with Crippen LogP contribution in [0.15, 0.2) is 47.5 Å². The molecule has 0 unspecified atom stereocenters. The molecule has 0 amide bonds. The first-order valence-corrected chi connectivity index (χ1v) is 10.8. The molecule has 34 heavy (non-hydrogen) atoms. The van der Waals surface area contributed by atoms with Crippen LogP contribution in [0.1, 0.15) is 30.4 Å². The average molecular weight is 476 g/mol. The van der Waals surface area contributed by atoms with Crippen molar-refractivity contribution in [2.75, 3.05) is 11.4 Å². The van der Waals surface area contributed by atoms with Crippen molar-refractivity contribution in [3.05, 3.63) is 70.2 Å². The Hall–Kier alpha value is -3.63. The Kier molecular flexibility index (Phi) is 5.62. The zero-order valence-electron chi connectivity index (χ0n) is 17.9. The number of nitrogens with zero attached hydrogens (tertiary/aromatic N) is 4. The number of anilines is 1. The van der Waals surface area contributed by atoms with E-state index >= 15 is 0 Å². The highest BCUT2D eigenvalue weighted by atomic mass is 19.4. The number of fused-ring (bicyclic) bond motifs is 3. The van der Waals surface area contributed by atoms with E-state index in [1.807, 2.05) is 0 Å². The second kappa shape index (κ2) is 8.62. The van der Waals surface area contributed by atoms with Crippen molar-refractivity contribution in [1.82, 2.24) is 14.5 Å². The molecule has 2 aliphatic heterocycles. The molecule has 2 aromatic heterocycles. The van der Waals surface area contributed by atoms with Gasteiger partial charge in [0.2, 0.25) is 5.88 Å². The molecule has 2 aliphatic rings. The molecule has 11 heteroatoms. The van der Waals surface area contributed by atoms with Crippen molar-refractivity contribution in [3.8, 4) is 17.4 Å². The number of halogens is 4. The van der Waals surface area contributed by atoms with Gasteiger partial charge in [0, 0.05) is 31.4 Å². The molecule has 178 valence electrons. The summed E-state index contributed by atoms with van der Waals surface area (Å²) in [5.74, 6) is -0.342. The maximum absolute atomic E-state index is 14.5. The van der Waals surface area contributed by atoms with Gasteiger partial charge in [-0.15, -0.1) is 0 Å². The maximum Gasteiger partial charge on any atom is 0.418 e. The van der Waals surface area contributed by atoms with Gasteiger partial charge in [-0.25, -0.2) is 9.18 Å². The molecule has 1 atom stereocenters. The van der Waals surface area contributed by atoms with Crippen LogP contribution in [0.2, 0.25) is 0 Å². The van der Waals surface area contributed by atoms with Crippen molar-refractivity contribution in [1.29, 1.82) is 0 Å². The standard InChI is InChI=1S/C23H20F4N4O3/c24-18-7-14(4-5-19(18)34-17-8-15(10-28-11-17)23(25,26)27)13-33-20-9-21-30-6-2-1-3-16(30)12-31(21)22(32)29-20/h4-5,7-11,16H,1-3,6,12-13H2/t16-/m0/s1. The van der Waals surface area contributed by atoms with Gasteiger partial charge in [-0.2, -0.15) is 18.2 Å². The molecule has 4 heterocycles. The van der Waals surface area contributed by atoms with Crippen LogP contribution in [0.25, 0.3) is 0 Å². The largest absolute Gasteiger partial charge is 0.473 e. The Labute approximate surface area is 191 Å². The van der Waals surface area contributed by atoms with Crippen LogP contribution in [0.4, 0.5) is 23.4 Å². The third kappa shape index (κ3) is 4.42. The van der Waals surface area contributed by atoms with Gasteiger partial charge in [-0.1, -0.05) is 6.07 Å². The highest BCUT2D eigenvalue weighted by Gasteiger charge is 2.33. The van der Waals surface area contributed by atoms with E-state index in [0.29, 0.717) is 24.3 Å². The molecule has 0 saturated carbocycles. The van der Waals surface area contributed by atoms with E-state index in [1.165, 1.54) is 12.1 Å². The minimum atomic E-state index is -4.59. The normalized spacial score (nSPS) is 17.3. The summed E-state index contributed by atoms with van der Waals surface area (Å²) >= 11 is 0. The number of benzene rings is 1. The van der Waals surface area contributed by atoms with Crippen LogP contribution in [-0.2, 0) is 19.3 Å². The van der Waals surface area contributed by atoms with E-state index < -0.39 is 17.6 Å². The number of rotatable bonds is 5. The number of pyridine rings is 1. The van der Waals surface area contributed by atoms with Gasteiger partial charge < -0.3 is 14.4 Å². The lowest BCUT2D eigenvalue weighted by Crippen LogP contribution is -2.36. The number of alkyl halides is 3. The van der Waals surface area contributed by atoms with Gasteiger partial charge in [-0.3, -0.25) is 9.55 Å². The Morgan fingerprint density at radius 3 is 2.76 bits per heavy atom. The summed E-state index contributed by atoms with van der Waals surface area (Å²) in [7, 11) is 0. The Morgan fingerprint density at radius 1 is 1.12 bits per heavy atom. The molecule has 0 spiro atoms. The summed E-state index contributed by atoms with van der Waals surface area (Å²) in [6.07, 6.45) is 0.366. The van der Waals surface area contributed by atoms with Crippen LogP contribution in [0.3, 0.4) is 0 Å². The fourth-order valence-electron chi connectivity index (χ4n) is 4.29. The monoisotopic (exact) mass is 476 g/mol. The van der Waals surface area contributed by atoms with Crippen LogP contribution in [-0.4, -0.2) is 27.1 Å². The van der Waals surface area contributed by atoms with Gasteiger partial charge in [-0.05, 0) is 43.0 Å². The Morgan fingerprint density at radius 2 is 1.97 bits per heavy atom. The summed E-state index contributed by atoms with van der Waals surface area (Å²) in [5, 5.41) is 0. The highest BCUT2D eigenvalue weighted by Crippen LogP contribution is 2.34. The van der Waals surface area contributed by atoms with Crippen molar-refractivity contribution in [2.45, 2.75) is 44.6 Å². The van der Waals surface area contributed by atoms with Gasteiger partial charge in [0.1, 0.15) is 18.2 Å². The third-order valence-corrected chi connectivity index (χ3v) is 5.93. The van der Waals surface area contributed by atoms with Gasteiger partial charge in [0.15, 0.2) is 11.6 Å². The number of aromatic nitrogens is 3. The molecule has 1 aromatic carbocycles. The minimum Gasteiger partial charge on any atom is -0.473 e. The SMILES string of the molecule is O=c1nc(OCc2ccc(Oc3cncc(C(F)(F)F)c3)c(F)c2)cc2n1C[C@@H]1CCCCN21. The fraction of sp³-hybridized carbons (Fsp3) is 0.348. The molecule has 3 aromatic rings. The molecular weight excluding hydrogens is 456 g/mol. The first kappa shape index (κ1) is 22.2. The summed E-state index contributed by atoms with van der Waals surface area (Å²) in [4.78, 5) is 22.1. The molecule has 5 rings (SSSR count). The second-order valence-corrected chi connectivity index (χ2v) is 8.25. The van der Waals surface area contributed by atoms with Gasteiger partial charge in [0.25, 0.3) is 0 Å². The molecule has 0 bridgehead atoms. The molecule has 1 fully saturated rings. The van der Waals surface area contributed by atoms with E-state index in [9.17, 15) is 22.4 Å². The van der Waals surface area contributed by atoms with Crippen molar-refractivity contribution >= 4 is 5.82 Å². The van der Waals surface area contributed by atoms with E-state index in [4.69, 9.17) is 9.47 Å². The van der Waals surface area contributed by atoms with E-state index in [1.54, 1.807) is 10.6 Å². The van der Waals surface area contributed by atoms with Crippen molar-refractivity contribution in [2.24, 2.45) is 0 Å². The Bertz CT molecular complexity index is 1280. The minimum absolute atomic E-state index is 0.0539. The lowest BCUT2D eigenvalue weighted by molar-refractivity contribution is -0.137. The van der Waals surface area contributed by atoms with Crippen molar-refractivity contribution < 1.29 is 27.0 Å². The third-order valence-electron chi connectivity index (χ3n) is 5.93. The number of hydrogen-bond acceptors (Lipinski definition) is 6. The zero-order chi connectivity index (χ0) is 23.9. The van der Waals surface area contributed by atoms with Crippen LogP contribution < -0.4 is 20.1 Å². The molecular formula is C23H20F4N4O3. The van der Waals surface area contributed by atoms with E-state index in [2.05, 4.69) is 14.9 Å². The summed E-state index contributed by atoms with van der Waals surface area (Å²) in [6, 6.07) is 6.72. The van der Waals surface area contributed by atoms with Crippen LogP contribution >= 0.6 is 0 Å². The first-order chi connectivity index (χ1) is 16.3. The lowest BCUT2D eigenvalue weighted by atomic mass is 10.0. The molecule has 0 radical (unpaired) electrons. The summed E-state index contributed by atoms with van der Waals surface area (Å²) in [6.45, 7) is 1.44. The number of ether oxygens (including phenoxy) is 2. The number of hydrogen-bond donors (Lipinski definition) is 0. The predicted octanol–water partition coefficient (Wildman–Crippen LogP) is 4.54. The summed E-state index contributed by atoms with van der Waals surface area (Å²) < 4.78 is 65.6. The van der Waals surface area contributed by atoms with Gasteiger partial charge in [0.05, 0.1) is 11.8 Å². The highest BCUT2D eigenvalue weighted by molar-refractivity contribution is 5.47. The molecule has 7 nitrogen and oxygen atoms in total. The van der Waals surface area contributed by atoms with E-state index in [0.717, 1.165) is 50.0 Å². The molecule has 0 aliphatic carbocycles. The lowest BCUT2D eigenvalue weighted by Gasteiger charge is -2.30. The van der Waals surface area contributed by atoms with E-state index in [-0.39, 0.29) is 29.7 Å². The van der Waals surface area contributed by atoms with Crippen LogP contribution in [0, 0.1) is 5.82 Å². The fourth-order valence-corrected chi connectivity index (χ4v) is 4.29. The maximum atomic E-state index is 14.5. The number of piperidine rings is 1. The first-order valence-electron chi connectivity index (χ1n) is 10.8. The topological polar surface area (TPSA) is 69.5 Å².